The van der Waals surface area contributed by atoms with E-state index in [9.17, 15) is 14.0 Å². The van der Waals surface area contributed by atoms with E-state index in [0.717, 1.165) is 19.4 Å². The molecule has 0 radical (unpaired) electrons. The highest BCUT2D eigenvalue weighted by Crippen LogP contribution is 2.21. The number of anilines is 1. The van der Waals surface area contributed by atoms with E-state index in [0.29, 0.717) is 25.2 Å². The number of nitrogens with one attached hydrogen (secondary N) is 2. The molecule has 2 aliphatic heterocycles. The minimum Gasteiger partial charge on any atom is -0.376 e. The first-order valence-corrected chi connectivity index (χ1v) is 7.86. The Bertz CT molecular complexity index is 572. The van der Waals surface area contributed by atoms with Gasteiger partial charge < -0.3 is 20.3 Å². The summed E-state index contributed by atoms with van der Waals surface area (Å²) in [7, 11) is 0. The van der Waals surface area contributed by atoms with Crippen molar-refractivity contribution in [2.75, 3.05) is 24.6 Å². The van der Waals surface area contributed by atoms with Gasteiger partial charge in [0.15, 0.2) is 0 Å². The lowest BCUT2D eigenvalue weighted by atomic mass is 10.2. The monoisotopic (exact) mass is 321 g/mol. The highest BCUT2D eigenvalue weighted by Gasteiger charge is 2.33. The number of nitrogens with zero attached hydrogens (tertiary/aromatic N) is 1. The third-order valence-corrected chi connectivity index (χ3v) is 4.16. The molecule has 2 heterocycles. The summed E-state index contributed by atoms with van der Waals surface area (Å²) >= 11 is 0. The van der Waals surface area contributed by atoms with Crippen LogP contribution in [0, 0.1) is 5.82 Å². The van der Waals surface area contributed by atoms with Crippen LogP contribution in [0.25, 0.3) is 0 Å². The van der Waals surface area contributed by atoms with Gasteiger partial charge in [-0.15, -0.1) is 0 Å². The van der Waals surface area contributed by atoms with E-state index in [1.807, 2.05) is 0 Å². The van der Waals surface area contributed by atoms with Crippen LogP contribution in [-0.2, 0) is 9.53 Å². The maximum absolute atomic E-state index is 13.0. The number of carbonyl (C=O) groups is 2. The normalized spacial score (nSPS) is 24.0. The maximum Gasteiger partial charge on any atom is 0.315 e. The lowest BCUT2D eigenvalue weighted by Gasteiger charge is -2.18. The van der Waals surface area contributed by atoms with Crippen LogP contribution in [0.1, 0.15) is 19.3 Å². The summed E-state index contributed by atoms with van der Waals surface area (Å²) < 4.78 is 18.4. The van der Waals surface area contributed by atoms with E-state index in [1.54, 1.807) is 17.0 Å². The first kappa shape index (κ1) is 15.7. The molecule has 1 aromatic carbocycles. The molecule has 2 aliphatic rings. The molecule has 6 nitrogen and oxygen atoms in total. The fourth-order valence-electron chi connectivity index (χ4n) is 2.91. The molecule has 2 N–H and O–H groups in total. The van der Waals surface area contributed by atoms with Crippen LogP contribution in [0.15, 0.2) is 24.3 Å². The van der Waals surface area contributed by atoms with Crippen LogP contribution < -0.4 is 15.5 Å². The number of hydrogen-bond donors (Lipinski definition) is 2. The predicted molar refractivity (Wildman–Crippen MR) is 82.7 cm³/mol. The van der Waals surface area contributed by atoms with Crippen LogP contribution in [0.5, 0.6) is 0 Å². The molecule has 2 atom stereocenters. The zero-order valence-corrected chi connectivity index (χ0v) is 12.8. The van der Waals surface area contributed by atoms with Crippen molar-refractivity contribution in [2.24, 2.45) is 0 Å². The summed E-state index contributed by atoms with van der Waals surface area (Å²) in [5.41, 5.74) is 0.639. The van der Waals surface area contributed by atoms with Crippen LogP contribution in [0.2, 0.25) is 0 Å². The maximum atomic E-state index is 13.0. The Balaban J connectivity index is 1.50. The van der Waals surface area contributed by atoms with E-state index >= 15 is 0 Å². The molecule has 23 heavy (non-hydrogen) atoms. The Labute approximate surface area is 134 Å². The SMILES string of the molecule is O=C(NC[C@@H]1CCCO1)N[C@@H]1CCN(c2ccc(F)cc2)C1=O. The highest BCUT2D eigenvalue weighted by molar-refractivity contribution is 6.01. The molecule has 0 aliphatic carbocycles. The van der Waals surface area contributed by atoms with Gasteiger partial charge >= 0.3 is 6.03 Å². The number of amides is 3. The van der Waals surface area contributed by atoms with Crippen molar-refractivity contribution in [3.63, 3.8) is 0 Å². The van der Waals surface area contributed by atoms with Crippen LogP contribution in [-0.4, -0.2) is 43.8 Å². The Kier molecular flexibility index (Phi) is 4.76. The Hall–Kier alpha value is -2.15. The Morgan fingerprint density at radius 2 is 2.09 bits per heavy atom. The van der Waals surface area contributed by atoms with Crippen molar-refractivity contribution in [2.45, 2.75) is 31.4 Å². The fraction of sp³-hybridized carbons (Fsp3) is 0.500. The van der Waals surface area contributed by atoms with E-state index in [4.69, 9.17) is 4.74 Å². The molecule has 0 bridgehead atoms. The van der Waals surface area contributed by atoms with Crippen LogP contribution >= 0.6 is 0 Å². The highest BCUT2D eigenvalue weighted by atomic mass is 19.1. The van der Waals surface area contributed by atoms with Gasteiger partial charge in [-0.2, -0.15) is 0 Å². The lowest BCUT2D eigenvalue weighted by Crippen LogP contribution is -2.47. The smallest absolute Gasteiger partial charge is 0.315 e. The fourth-order valence-corrected chi connectivity index (χ4v) is 2.91. The molecule has 3 amide bonds. The largest absolute Gasteiger partial charge is 0.376 e. The Morgan fingerprint density at radius 1 is 1.30 bits per heavy atom. The van der Waals surface area contributed by atoms with Gasteiger partial charge in [0.1, 0.15) is 11.9 Å². The molecule has 2 saturated heterocycles. The van der Waals surface area contributed by atoms with Crippen molar-refractivity contribution < 1.29 is 18.7 Å². The molecule has 7 heteroatoms. The zero-order valence-electron chi connectivity index (χ0n) is 12.8. The lowest BCUT2D eigenvalue weighted by molar-refractivity contribution is -0.118. The summed E-state index contributed by atoms with van der Waals surface area (Å²) in [6.45, 7) is 1.69. The second-order valence-corrected chi connectivity index (χ2v) is 5.80. The second-order valence-electron chi connectivity index (χ2n) is 5.80. The molecular formula is C16H20FN3O3. The average Bonchev–Trinajstić information content (AvgIpc) is 3.18. The molecule has 1 aromatic rings. The second kappa shape index (κ2) is 6.95. The summed E-state index contributed by atoms with van der Waals surface area (Å²) in [5.74, 6) is -0.521. The topological polar surface area (TPSA) is 70.7 Å². The van der Waals surface area contributed by atoms with Gasteiger partial charge in [0, 0.05) is 25.4 Å². The first-order valence-electron chi connectivity index (χ1n) is 7.86. The number of hydrogen-bond acceptors (Lipinski definition) is 3. The molecule has 124 valence electrons. The number of rotatable bonds is 4. The van der Waals surface area contributed by atoms with Gasteiger partial charge in [-0.3, -0.25) is 4.79 Å². The molecule has 0 spiro atoms. The summed E-state index contributed by atoms with van der Waals surface area (Å²) in [6, 6.07) is 4.85. The van der Waals surface area contributed by atoms with Crippen molar-refractivity contribution in [3.8, 4) is 0 Å². The zero-order chi connectivity index (χ0) is 16.2. The number of urea groups is 1. The van der Waals surface area contributed by atoms with Gasteiger partial charge in [-0.25, -0.2) is 9.18 Å². The molecular weight excluding hydrogens is 301 g/mol. The van der Waals surface area contributed by atoms with Gasteiger partial charge in [0.05, 0.1) is 6.10 Å². The summed E-state index contributed by atoms with van der Waals surface area (Å²) in [4.78, 5) is 25.8. The average molecular weight is 321 g/mol. The Morgan fingerprint density at radius 3 is 2.78 bits per heavy atom. The summed E-state index contributed by atoms with van der Waals surface area (Å²) in [6.07, 6.45) is 2.56. The standard InChI is InChI=1S/C16H20FN3O3/c17-11-3-5-12(6-4-11)20-8-7-14(15(20)21)19-16(22)18-10-13-2-1-9-23-13/h3-6,13-14H,1-2,7-10H2,(H2,18,19,22)/t13-,14+/m0/s1. The molecule has 3 rings (SSSR count). The predicted octanol–water partition coefficient (Wildman–Crippen LogP) is 1.41. The third-order valence-electron chi connectivity index (χ3n) is 4.16. The number of benzene rings is 1. The van der Waals surface area contributed by atoms with E-state index in [-0.39, 0.29) is 23.9 Å². The minimum absolute atomic E-state index is 0.0655. The van der Waals surface area contributed by atoms with Crippen molar-refractivity contribution in [1.29, 1.82) is 0 Å². The number of halogens is 1. The van der Waals surface area contributed by atoms with Crippen LogP contribution in [0.3, 0.4) is 0 Å². The van der Waals surface area contributed by atoms with Crippen molar-refractivity contribution in [3.05, 3.63) is 30.1 Å². The molecule has 0 saturated carbocycles. The summed E-state index contributed by atoms with van der Waals surface area (Å²) in [5, 5.41) is 5.43. The van der Waals surface area contributed by atoms with Gasteiger partial charge in [0.2, 0.25) is 5.91 Å². The molecule has 0 unspecified atom stereocenters. The van der Waals surface area contributed by atoms with Gasteiger partial charge in [-0.05, 0) is 43.5 Å². The van der Waals surface area contributed by atoms with Gasteiger partial charge in [-0.1, -0.05) is 0 Å². The number of ether oxygens (including phenoxy) is 1. The van der Waals surface area contributed by atoms with Gasteiger partial charge in [0.25, 0.3) is 0 Å². The van der Waals surface area contributed by atoms with E-state index in [1.165, 1.54) is 12.1 Å². The third kappa shape index (κ3) is 3.79. The quantitative estimate of drug-likeness (QED) is 0.881. The van der Waals surface area contributed by atoms with E-state index in [2.05, 4.69) is 10.6 Å². The number of carbonyl (C=O) groups excluding carboxylic acids is 2. The molecule has 0 aromatic heterocycles. The van der Waals surface area contributed by atoms with Crippen LogP contribution in [0.4, 0.5) is 14.9 Å². The first-order chi connectivity index (χ1) is 11.1. The van der Waals surface area contributed by atoms with Crippen molar-refractivity contribution >= 4 is 17.6 Å². The van der Waals surface area contributed by atoms with E-state index < -0.39 is 6.04 Å². The minimum atomic E-state index is -0.551. The van der Waals surface area contributed by atoms with Crippen molar-refractivity contribution in [1.82, 2.24) is 10.6 Å². The molecule has 2 fully saturated rings.